The summed E-state index contributed by atoms with van der Waals surface area (Å²) < 4.78 is 27.4. The Kier molecular flexibility index (Phi) is 5.04. The van der Waals surface area contributed by atoms with Crippen molar-refractivity contribution >= 4 is 59.5 Å². The van der Waals surface area contributed by atoms with E-state index in [1.54, 1.807) is 6.92 Å². The third-order valence-electron chi connectivity index (χ3n) is 4.40. The van der Waals surface area contributed by atoms with Crippen LogP contribution in [0.1, 0.15) is 31.5 Å². The van der Waals surface area contributed by atoms with Crippen molar-refractivity contribution in [2.75, 3.05) is 10.5 Å². The molecular formula is C19H17N5O3S3. The van der Waals surface area contributed by atoms with E-state index >= 15 is 0 Å². The predicted molar refractivity (Wildman–Crippen MR) is 119 cm³/mol. The van der Waals surface area contributed by atoms with Gasteiger partial charge in [0.15, 0.2) is 0 Å². The quantitative estimate of drug-likeness (QED) is 0.436. The van der Waals surface area contributed by atoms with Crippen LogP contribution in [-0.2, 0) is 10.0 Å². The highest BCUT2D eigenvalue weighted by molar-refractivity contribution is 7.93. The first-order valence-electron chi connectivity index (χ1n) is 8.79. The fraction of sp³-hybridized carbons (Fsp3) is 0.158. The summed E-state index contributed by atoms with van der Waals surface area (Å²) in [7, 11) is -3.83. The molecule has 0 spiro atoms. The number of nitrogens with zero attached hydrogens (tertiary/aromatic N) is 3. The maximum Gasteiger partial charge on any atom is 0.263 e. The summed E-state index contributed by atoms with van der Waals surface area (Å²) in [5.41, 5.74) is 8.80. The highest BCUT2D eigenvalue weighted by atomic mass is 32.2. The molecule has 0 fully saturated rings. The number of aryl methyl sites for hydroxylation is 3. The normalized spacial score (nSPS) is 11.7. The molecular weight excluding hydrogens is 442 g/mol. The molecule has 0 aliphatic heterocycles. The Hall–Kier alpha value is -2.89. The van der Waals surface area contributed by atoms with Gasteiger partial charge in [0.1, 0.15) is 14.7 Å². The molecule has 0 aliphatic carbocycles. The number of sulfonamides is 1. The van der Waals surface area contributed by atoms with Gasteiger partial charge in [0.25, 0.3) is 10.0 Å². The second-order valence-electron chi connectivity index (χ2n) is 6.69. The van der Waals surface area contributed by atoms with Crippen LogP contribution in [0.15, 0.2) is 35.2 Å². The minimum Gasteiger partial charge on any atom is -0.397 e. The van der Waals surface area contributed by atoms with Crippen LogP contribution < -0.4 is 10.5 Å². The summed E-state index contributed by atoms with van der Waals surface area (Å²) in [5.74, 6) is -0.274. The fourth-order valence-corrected chi connectivity index (χ4v) is 6.07. The molecule has 0 aliphatic rings. The van der Waals surface area contributed by atoms with E-state index in [2.05, 4.69) is 19.9 Å². The summed E-state index contributed by atoms with van der Waals surface area (Å²) in [6.07, 6.45) is 0. The molecule has 0 saturated heterocycles. The SMILES string of the molecule is Cc1cc(C)c2c(N)c(C(=O)c3ccc(S(=O)(=O)Nc4nnc(C)s4)cc3)sc2n1. The highest BCUT2D eigenvalue weighted by Gasteiger charge is 2.22. The molecule has 3 aromatic heterocycles. The molecule has 0 amide bonds. The van der Waals surface area contributed by atoms with Gasteiger partial charge in [-0.1, -0.05) is 11.3 Å². The second-order valence-corrected chi connectivity index (χ2v) is 10.6. The Bertz CT molecular complexity index is 1390. The van der Waals surface area contributed by atoms with E-state index < -0.39 is 10.0 Å². The zero-order chi connectivity index (χ0) is 21.6. The molecule has 4 aromatic rings. The molecule has 3 N–H and O–H groups in total. The minimum atomic E-state index is -3.83. The summed E-state index contributed by atoms with van der Waals surface area (Å²) in [6.45, 7) is 5.55. The summed E-state index contributed by atoms with van der Waals surface area (Å²) in [5, 5.41) is 9.16. The average molecular weight is 460 g/mol. The number of hydrogen-bond donors (Lipinski definition) is 2. The van der Waals surface area contributed by atoms with Crippen molar-refractivity contribution in [2.24, 2.45) is 0 Å². The van der Waals surface area contributed by atoms with Crippen molar-refractivity contribution in [1.29, 1.82) is 0 Å². The number of rotatable bonds is 5. The van der Waals surface area contributed by atoms with Gasteiger partial charge < -0.3 is 5.73 Å². The van der Waals surface area contributed by atoms with Crippen LogP contribution >= 0.6 is 22.7 Å². The van der Waals surface area contributed by atoms with Crippen LogP contribution in [0.25, 0.3) is 10.2 Å². The van der Waals surface area contributed by atoms with E-state index in [-0.39, 0.29) is 15.8 Å². The van der Waals surface area contributed by atoms with Crippen molar-refractivity contribution in [3.63, 3.8) is 0 Å². The van der Waals surface area contributed by atoms with Crippen LogP contribution in [0.2, 0.25) is 0 Å². The first kappa shape index (κ1) is 20.4. The van der Waals surface area contributed by atoms with E-state index in [0.29, 0.717) is 26.0 Å². The van der Waals surface area contributed by atoms with Gasteiger partial charge in [-0.05, 0) is 56.7 Å². The smallest absolute Gasteiger partial charge is 0.263 e. The topological polar surface area (TPSA) is 128 Å². The number of benzene rings is 1. The zero-order valence-electron chi connectivity index (χ0n) is 16.3. The number of ketones is 1. The van der Waals surface area contributed by atoms with E-state index in [0.717, 1.165) is 28.0 Å². The minimum absolute atomic E-state index is 0.0179. The third-order valence-corrected chi connectivity index (χ3v) is 7.74. The van der Waals surface area contributed by atoms with Crippen molar-refractivity contribution in [1.82, 2.24) is 15.2 Å². The number of carbonyl (C=O) groups is 1. The Morgan fingerprint density at radius 1 is 1.07 bits per heavy atom. The maximum atomic E-state index is 13.0. The maximum absolute atomic E-state index is 13.0. The van der Waals surface area contributed by atoms with Gasteiger partial charge in [-0.3, -0.25) is 9.52 Å². The van der Waals surface area contributed by atoms with Crippen molar-refractivity contribution in [3.05, 3.63) is 57.0 Å². The lowest BCUT2D eigenvalue weighted by atomic mass is 10.1. The first-order valence-corrected chi connectivity index (χ1v) is 11.9. The summed E-state index contributed by atoms with van der Waals surface area (Å²) in [6, 6.07) is 7.61. The molecule has 4 rings (SSSR count). The van der Waals surface area contributed by atoms with Crippen molar-refractivity contribution in [2.45, 2.75) is 25.7 Å². The number of carbonyl (C=O) groups excluding carboxylic acids is 1. The van der Waals surface area contributed by atoms with Crippen molar-refractivity contribution < 1.29 is 13.2 Å². The molecule has 11 heteroatoms. The molecule has 1 aromatic carbocycles. The van der Waals surface area contributed by atoms with Crippen molar-refractivity contribution in [3.8, 4) is 0 Å². The number of pyridine rings is 1. The van der Waals surface area contributed by atoms with Crippen LogP contribution in [-0.4, -0.2) is 29.4 Å². The number of aromatic nitrogens is 3. The molecule has 30 heavy (non-hydrogen) atoms. The van der Waals surface area contributed by atoms with Gasteiger partial charge in [0.05, 0.1) is 10.6 Å². The number of nitrogens with one attached hydrogen (secondary N) is 1. The molecule has 0 unspecified atom stereocenters. The largest absolute Gasteiger partial charge is 0.397 e. The van der Waals surface area contributed by atoms with E-state index in [9.17, 15) is 13.2 Å². The molecule has 0 atom stereocenters. The lowest BCUT2D eigenvalue weighted by Crippen LogP contribution is -2.13. The van der Waals surface area contributed by atoms with Gasteiger partial charge in [-0.2, -0.15) is 0 Å². The predicted octanol–water partition coefficient (Wildman–Crippen LogP) is 3.69. The van der Waals surface area contributed by atoms with E-state index in [1.165, 1.54) is 35.6 Å². The van der Waals surface area contributed by atoms with Crippen LogP contribution in [0, 0.1) is 20.8 Å². The van der Waals surface area contributed by atoms with E-state index in [4.69, 9.17) is 5.73 Å². The lowest BCUT2D eigenvalue weighted by Gasteiger charge is -2.06. The van der Waals surface area contributed by atoms with Gasteiger partial charge in [0, 0.05) is 16.6 Å². The first-order chi connectivity index (χ1) is 14.2. The molecule has 3 heterocycles. The number of nitrogen functional groups attached to an aromatic ring is 1. The van der Waals surface area contributed by atoms with Crippen LogP contribution in [0.4, 0.5) is 10.8 Å². The Labute approximate surface area is 180 Å². The van der Waals surface area contributed by atoms with Crippen LogP contribution in [0.3, 0.4) is 0 Å². The average Bonchev–Trinajstić information content (AvgIpc) is 3.23. The zero-order valence-corrected chi connectivity index (χ0v) is 18.7. The highest BCUT2D eigenvalue weighted by Crippen LogP contribution is 2.36. The Balaban J connectivity index is 1.64. The third kappa shape index (κ3) is 3.66. The Morgan fingerprint density at radius 3 is 2.40 bits per heavy atom. The Morgan fingerprint density at radius 2 is 1.77 bits per heavy atom. The summed E-state index contributed by atoms with van der Waals surface area (Å²) >= 11 is 2.37. The van der Waals surface area contributed by atoms with Gasteiger partial charge >= 0.3 is 0 Å². The molecule has 154 valence electrons. The van der Waals surface area contributed by atoms with Crippen LogP contribution in [0.5, 0.6) is 0 Å². The standard InChI is InChI=1S/C19H17N5O3S3/c1-9-8-10(2)21-18-14(9)15(20)17(29-18)16(25)12-4-6-13(7-5-12)30(26,27)24-19-23-22-11(3)28-19/h4-8H,20H2,1-3H3,(H,23,24). The summed E-state index contributed by atoms with van der Waals surface area (Å²) in [4.78, 5) is 18.6. The monoisotopic (exact) mass is 459 g/mol. The molecule has 8 nitrogen and oxygen atoms in total. The molecule has 0 bridgehead atoms. The number of hydrogen-bond acceptors (Lipinski definition) is 9. The van der Waals surface area contributed by atoms with Gasteiger partial charge in [0.2, 0.25) is 10.9 Å². The lowest BCUT2D eigenvalue weighted by molar-refractivity contribution is 0.104. The number of fused-ring (bicyclic) bond motifs is 1. The van der Waals surface area contributed by atoms with Gasteiger partial charge in [-0.15, -0.1) is 21.5 Å². The molecule has 0 saturated carbocycles. The van der Waals surface area contributed by atoms with E-state index in [1.807, 2.05) is 19.9 Å². The molecule has 0 radical (unpaired) electrons. The number of nitrogens with two attached hydrogens (primary N) is 1. The fourth-order valence-electron chi connectivity index (χ4n) is 3.07. The number of thiophene rings is 1. The number of anilines is 2. The second kappa shape index (κ2) is 7.42. The van der Waals surface area contributed by atoms with Gasteiger partial charge in [-0.25, -0.2) is 13.4 Å².